The number of amides is 1. The van der Waals surface area contributed by atoms with Crippen molar-refractivity contribution in [1.29, 1.82) is 0 Å². The summed E-state index contributed by atoms with van der Waals surface area (Å²) in [6.45, 7) is 4.06. The zero-order valence-corrected chi connectivity index (χ0v) is 20.2. The summed E-state index contributed by atoms with van der Waals surface area (Å²) in [5.74, 6) is 0.646. The molecule has 0 radical (unpaired) electrons. The van der Waals surface area contributed by atoms with Crippen LogP contribution in [0, 0.1) is 13.8 Å². The van der Waals surface area contributed by atoms with Crippen LogP contribution in [0.5, 0.6) is 0 Å². The Kier molecular flexibility index (Phi) is 6.62. The number of hydrogen-bond acceptors (Lipinski definition) is 5. The lowest BCUT2D eigenvalue weighted by atomic mass is 10.1. The third kappa shape index (κ3) is 5.02. The highest BCUT2D eigenvalue weighted by molar-refractivity contribution is 7.80. The number of nitrogens with one attached hydrogen (secondary N) is 2. The number of rotatable bonds is 4. The average molecular weight is 502 g/mol. The van der Waals surface area contributed by atoms with E-state index in [0.717, 1.165) is 15.8 Å². The van der Waals surface area contributed by atoms with Crippen molar-refractivity contribution in [3.05, 3.63) is 75.5 Å². The topological polar surface area (TPSA) is 67.2 Å². The summed E-state index contributed by atoms with van der Waals surface area (Å²) in [7, 11) is 0. The molecule has 4 rings (SSSR count). The summed E-state index contributed by atoms with van der Waals surface area (Å²) < 4.78 is 6.81. The number of aryl methyl sites for hydroxylation is 2. The van der Waals surface area contributed by atoms with Crippen LogP contribution in [0.4, 0.5) is 5.13 Å². The van der Waals surface area contributed by atoms with E-state index < -0.39 is 5.91 Å². The summed E-state index contributed by atoms with van der Waals surface area (Å²) in [5.41, 5.74) is 3.87. The lowest BCUT2D eigenvalue weighted by molar-refractivity contribution is -0.115. The van der Waals surface area contributed by atoms with Crippen molar-refractivity contribution >= 4 is 79.2 Å². The van der Waals surface area contributed by atoms with Gasteiger partial charge in [0.25, 0.3) is 0 Å². The molecule has 0 aliphatic rings. The van der Waals surface area contributed by atoms with E-state index in [1.165, 1.54) is 23.0 Å². The first-order valence-corrected chi connectivity index (χ1v) is 11.5. The number of anilines is 1. The van der Waals surface area contributed by atoms with E-state index in [-0.39, 0.29) is 5.11 Å². The summed E-state index contributed by atoms with van der Waals surface area (Å²) in [4.78, 5) is 16.8. The minimum absolute atomic E-state index is 0.166. The molecule has 0 aliphatic carbocycles. The van der Waals surface area contributed by atoms with Gasteiger partial charge in [0.1, 0.15) is 11.5 Å². The van der Waals surface area contributed by atoms with Crippen LogP contribution in [0.15, 0.2) is 53.0 Å². The Morgan fingerprint density at radius 2 is 2.00 bits per heavy atom. The number of benzene rings is 2. The first-order chi connectivity index (χ1) is 15.3. The van der Waals surface area contributed by atoms with Gasteiger partial charge in [0, 0.05) is 11.6 Å². The summed E-state index contributed by atoms with van der Waals surface area (Å²) in [5, 5.41) is 7.21. The Morgan fingerprint density at radius 1 is 1.19 bits per heavy atom. The van der Waals surface area contributed by atoms with Crippen molar-refractivity contribution in [2.24, 2.45) is 0 Å². The van der Waals surface area contributed by atoms with Crippen LogP contribution in [-0.2, 0) is 4.79 Å². The van der Waals surface area contributed by atoms with Crippen molar-refractivity contribution < 1.29 is 9.21 Å². The molecule has 0 spiro atoms. The Morgan fingerprint density at radius 3 is 2.81 bits per heavy atom. The third-order valence-corrected chi connectivity index (χ3v) is 6.47. The van der Waals surface area contributed by atoms with Gasteiger partial charge in [0.15, 0.2) is 10.2 Å². The van der Waals surface area contributed by atoms with Gasteiger partial charge in [-0.3, -0.25) is 10.1 Å². The molecule has 2 heterocycles. The SMILES string of the molecule is Cc1cc(C)c2nc(NC(=S)NC(=O)/C=C/c3ccc(-c4cccc(Cl)c4Cl)o3)sc2c1. The Bertz CT molecular complexity index is 1380. The number of halogens is 2. The van der Waals surface area contributed by atoms with E-state index >= 15 is 0 Å². The maximum absolute atomic E-state index is 12.2. The van der Waals surface area contributed by atoms with Gasteiger partial charge in [-0.05, 0) is 73.6 Å². The highest BCUT2D eigenvalue weighted by Crippen LogP contribution is 2.34. The van der Waals surface area contributed by atoms with Crippen LogP contribution in [-0.4, -0.2) is 16.0 Å². The standard InChI is InChI=1S/C23H17Cl2N3O2S2/c1-12-10-13(2)21-18(11-12)32-23(27-21)28-22(31)26-19(29)9-7-14-6-8-17(30-14)15-4-3-5-16(24)20(15)25/h3-11H,1-2H3,(H2,26,27,28,29,31)/b9-7+. The number of aromatic nitrogens is 1. The van der Waals surface area contributed by atoms with Gasteiger partial charge in [0.2, 0.25) is 5.91 Å². The third-order valence-electron chi connectivity index (χ3n) is 4.53. The predicted octanol–water partition coefficient (Wildman–Crippen LogP) is 7.01. The van der Waals surface area contributed by atoms with E-state index in [4.69, 9.17) is 39.8 Å². The fourth-order valence-corrected chi connectivity index (χ4v) is 4.85. The van der Waals surface area contributed by atoms with Gasteiger partial charge >= 0.3 is 0 Å². The molecule has 0 atom stereocenters. The van der Waals surface area contributed by atoms with Crippen molar-refractivity contribution in [1.82, 2.24) is 10.3 Å². The molecular weight excluding hydrogens is 485 g/mol. The zero-order chi connectivity index (χ0) is 22.8. The number of fused-ring (bicyclic) bond motifs is 1. The molecular formula is C23H17Cl2N3O2S2. The molecule has 0 saturated carbocycles. The minimum Gasteiger partial charge on any atom is -0.457 e. The van der Waals surface area contributed by atoms with Crippen molar-refractivity contribution in [3.8, 4) is 11.3 Å². The molecule has 2 aromatic carbocycles. The smallest absolute Gasteiger partial charge is 0.250 e. The molecule has 32 heavy (non-hydrogen) atoms. The molecule has 0 unspecified atom stereocenters. The second-order valence-electron chi connectivity index (χ2n) is 7.03. The minimum atomic E-state index is -0.394. The summed E-state index contributed by atoms with van der Waals surface area (Å²) >= 11 is 19.0. The Hall–Kier alpha value is -2.71. The van der Waals surface area contributed by atoms with Gasteiger partial charge in [-0.2, -0.15) is 0 Å². The number of furan rings is 1. The normalized spacial score (nSPS) is 11.2. The number of hydrogen-bond donors (Lipinski definition) is 2. The van der Waals surface area contributed by atoms with E-state index in [0.29, 0.717) is 32.3 Å². The van der Waals surface area contributed by atoms with Crippen LogP contribution < -0.4 is 10.6 Å². The molecule has 0 aliphatic heterocycles. The summed E-state index contributed by atoms with van der Waals surface area (Å²) in [6, 6.07) is 12.9. The van der Waals surface area contributed by atoms with Crippen LogP contribution in [0.25, 0.3) is 27.6 Å². The quantitative estimate of drug-likeness (QED) is 0.232. The molecule has 2 aromatic heterocycles. The molecule has 0 saturated heterocycles. The number of thiocarbonyl (C=S) groups is 1. The maximum Gasteiger partial charge on any atom is 0.250 e. The van der Waals surface area contributed by atoms with Crippen LogP contribution >= 0.6 is 46.8 Å². The Labute approximate surface area is 204 Å². The van der Waals surface area contributed by atoms with Crippen LogP contribution in [0.1, 0.15) is 16.9 Å². The Balaban J connectivity index is 1.38. The second-order valence-corrected chi connectivity index (χ2v) is 9.25. The van der Waals surface area contributed by atoms with Crippen LogP contribution in [0.2, 0.25) is 10.0 Å². The highest BCUT2D eigenvalue weighted by Gasteiger charge is 2.11. The molecule has 0 fully saturated rings. The van der Waals surface area contributed by atoms with E-state index in [1.54, 1.807) is 30.3 Å². The van der Waals surface area contributed by atoms with Crippen LogP contribution in [0.3, 0.4) is 0 Å². The van der Waals surface area contributed by atoms with E-state index in [2.05, 4.69) is 27.8 Å². The van der Waals surface area contributed by atoms with Gasteiger partial charge in [0.05, 0.1) is 20.3 Å². The van der Waals surface area contributed by atoms with Gasteiger partial charge < -0.3 is 9.73 Å². The molecule has 2 N–H and O–H groups in total. The van der Waals surface area contributed by atoms with Gasteiger partial charge in [-0.25, -0.2) is 4.98 Å². The molecule has 9 heteroatoms. The monoisotopic (exact) mass is 501 g/mol. The van der Waals surface area contributed by atoms with E-state index in [9.17, 15) is 4.79 Å². The molecule has 162 valence electrons. The van der Waals surface area contributed by atoms with Crippen molar-refractivity contribution in [2.45, 2.75) is 13.8 Å². The lowest BCUT2D eigenvalue weighted by Gasteiger charge is -2.04. The number of nitrogens with zero attached hydrogens (tertiary/aromatic N) is 1. The highest BCUT2D eigenvalue weighted by atomic mass is 35.5. The molecule has 0 bridgehead atoms. The maximum atomic E-state index is 12.2. The summed E-state index contributed by atoms with van der Waals surface area (Å²) in [6.07, 6.45) is 2.88. The average Bonchev–Trinajstić information content (AvgIpc) is 3.35. The molecule has 4 aromatic rings. The molecule has 1 amide bonds. The zero-order valence-electron chi connectivity index (χ0n) is 17.0. The second kappa shape index (κ2) is 9.42. The lowest BCUT2D eigenvalue weighted by Crippen LogP contribution is -2.32. The fraction of sp³-hybridized carbons (Fsp3) is 0.0870. The first kappa shape index (κ1) is 22.5. The van der Waals surface area contributed by atoms with Gasteiger partial charge in [-0.15, -0.1) is 0 Å². The predicted molar refractivity (Wildman–Crippen MR) is 137 cm³/mol. The number of carbonyl (C=O) groups excluding carboxylic acids is 1. The van der Waals surface area contributed by atoms with Crippen molar-refractivity contribution in [3.63, 3.8) is 0 Å². The largest absolute Gasteiger partial charge is 0.457 e. The van der Waals surface area contributed by atoms with Crippen molar-refractivity contribution in [2.75, 3.05) is 5.32 Å². The first-order valence-electron chi connectivity index (χ1n) is 9.52. The number of thiazole rings is 1. The molecule has 5 nitrogen and oxygen atoms in total. The van der Waals surface area contributed by atoms with E-state index in [1.807, 2.05) is 19.9 Å². The number of carbonyl (C=O) groups is 1. The fourth-order valence-electron chi connectivity index (χ4n) is 3.15. The van der Waals surface area contributed by atoms with Gasteiger partial charge in [-0.1, -0.05) is 46.7 Å².